The molecule has 1 aliphatic rings. The van der Waals surface area contributed by atoms with Gasteiger partial charge in [-0.2, -0.15) is 0 Å². The fraction of sp³-hybridized carbons (Fsp3) is 0.286. The average Bonchev–Trinajstić information content (AvgIpc) is 2.36. The first-order chi connectivity index (χ1) is 4.88. The molecule has 0 saturated carbocycles. The maximum Gasteiger partial charge on any atom is 0.193 e. The van der Waals surface area contributed by atoms with E-state index in [1.165, 1.54) is 0 Å². The quantitative estimate of drug-likeness (QED) is 0.480. The second-order valence-electron chi connectivity index (χ2n) is 2.11. The Kier molecular flexibility index (Phi) is 2.36. The van der Waals surface area contributed by atoms with Gasteiger partial charge in [0.05, 0.1) is 6.20 Å². The molecule has 0 amide bonds. The SMILES string of the molecule is C=CC[NH+]1C=NC=C1CO. The minimum absolute atomic E-state index is 0.0726. The molecule has 2 N–H and O–H groups in total. The van der Waals surface area contributed by atoms with Gasteiger partial charge in [0, 0.05) is 0 Å². The number of nitrogens with one attached hydrogen (secondary N) is 1. The van der Waals surface area contributed by atoms with Crippen molar-refractivity contribution in [1.82, 2.24) is 0 Å². The molecule has 0 aromatic heterocycles. The van der Waals surface area contributed by atoms with Crippen molar-refractivity contribution in [3.63, 3.8) is 0 Å². The van der Waals surface area contributed by atoms with Gasteiger partial charge in [0.2, 0.25) is 0 Å². The Labute approximate surface area is 60.0 Å². The van der Waals surface area contributed by atoms with E-state index in [2.05, 4.69) is 11.6 Å². The molecule has 0 saturated heterocycles. The van der Waals surface area contributed by atoms with Crippen LogP contribution >= 0.6 is 0 Å². The third kappa shape index (κ3) is 1.32. The Balaban J connectivity index is 2.52. The van der Waals surface area contributed by atoms with Crippen molar-refractivity contribution in [2.24, 2.45) is 4.99 Å². The summed E-state index contributed by atoms with van der Waals surface area (Å²) in [4.78, 5) is 4.97. The maximum absolute atomic E-state index is 8.76. The second-order valence-corrected chi connectivity index (χ2v) is 2.11. The summed E-state index contributed by atoms with van der Waals surface area (Å²) in [5, 5.41) is 8.76. The lowest BCUT2D eigenvalue weighted by Crippen LogP contribution is -3.08. The first-order valence-electron chi connectivity index (χ1n) is 3.18. The van der Waals surface area contributed by atoms with E-state index in [1.54, 1.807) is 18.6 Å². The zero-order valence-corrected chi connectivity index (χ0v) is 5.75. The Morgan fingerprint density at radius 1 is 1.80 bits per heavy atom. The van der Waals surface area contributed by atoms with Gasteiger partial charge in [-0.3, -0.25) is 4.90 Å². The van der Waals surface area contributed by atoms with Crippen LogP contribution in [0.1, 0.15) is 0 Å². The Morgan fingerprint density at radius 2 is 2.60 bits per heavy atom. The number of hydrogen-bond acceptors (Lipinski definition) is 2. The number of nitrogens with zero attached hydrogens (tertiary/aromatic N) is 1. The molecule has 3 heteroatoms. The smallest absolute Gasteiger partial charge is 0.193 e. The van der Waals surface area contributed by atoms with Gasteiger partial charge in [-0.05, 0) is 6.08 Å². The molecule has 0 aromatic rings. The summed E-state index contributed by atoms with van der Waals surface area (Å²) in [6, 6.07) is 0. The minimum Gasteiger partial charge on any atom is -0.386 e. The van der Waals surface area contributed by atoms with Gasteiger partial charge in [-0.1, -0.05) is 6.58 Å². The van der Waals surface area contributed by atoms with E-state index in [0.29, 0.717) is 0 Å². The average molecular weight is 139 g/mol. The first-order valence-corrected chi connectivity index (χ1v) is 3.18. The van der Waals surface area contributed by atoms with Crippen LogP contribution in [0.3, 0.4) is 0 Å². The second kappa shape index (κ2) is 3.29. The van der Waals surface area contributed by atoms with Crippen molar-refractivity contribution in [2.75, 3.05) is 13.2 Å². The highest BCUT2D eigenvalue weighted by Crippen LogP contribution is 1.85. The van der Waals surface area contributed by atoms with Gasteiger partial charge >= 0.3 is 0 Å². The van der Waals surface area contributed by atoms with E-state index in [4.69, 9.17) is 5.11 Å². The molecule has 1 rings (SSSR count). The summed E-state index contributed by atoms with van der Waals surface area (Å²) in [5.41, 5.74) is 0.903. The van der Waals surface area contributed by atoms with Crippen LogP contribution in [0.5, 0.6) is 0 Å². The zero-order valence-electron chi connectivity index (χ0n) is 5.75. The molecular weight excluding hydrogens is 128 g/mol. The summed E-state index contributed by atoms with van der Waals surface area (Å²) in [7, 11) is 0. The van der Waals surface area contributed by atoms with Crippen LogP contribution in [0.25, 0.3) is 0 Å². The molecule has 1 aliphatic heterocycles. The Hall–Kier alpha value is -0.930. The molecule has 0 fully saturated rings. The number of aliphatic hydroxyl groups is 1. The highest BCUT2D eigenvalue weighted by molar-refractivity contribution is 5.49. The third-order valence-corrected chi connectivity index (χ3v) is 1.41. The molecule has 1 atom stereocenters. The topological polar surface area (TPSA) is 37.0 Å². The van der Waals surface area contributed by atoms with Gasteiger partial charge in [0.1, 0.15) is 13.2 Å². The fourth-order valence-corrected chi connectivity index (χ4v) is 0.865. The highest BCUT2D eigenvalue weighted by Gasteiger charge is 2.14. The number of rotatable bonds is 3. The lowest BCUT2D eigenvalue weighted by molar-refractivity contribution is -0.746. The van der Waals surface area contributed by atoms with Crippen LogP contribution in [0.4, 0.5) is 0 Å². The predicted octanol–water partition coefficient (Wildman–Crippen LogP) is -1.07. The summed E-state index contributed by atoms with van der Waals surface area (Å²) in [5.74, 6) is 0. The molecule has 10 heavy (non-hydrogen) atoms. The van der Waals surface area contributed by atoms with E-state index in [9.17, 15) is 0 Å². The molecule has 3 nitrogen and oxygen atoms in total. The van der Waals surface area contributed by atoms with Crippen LogP contribution in [-0.2, 0) is 0 Å². The van der Waals surface area contributed by atoms with Crippen LogP contribution in [0.15, 0.2) is 29.5 Å². The standard InChI is InChI=1S/C7H10N2O/c1-2-3-9-6-8-4-7(9)5-10/h2,4,6,10H,1,3,5H2/p+1. The van der Waals surface area contributed by atoms with E-state index < -0.39 is 0 Å². The highest BCUT2D eigenvalue weighted by atomic mass is 16.3. The number of hydrogen-bond donors (Lipinski definition) is 2. The molecule has 1 unspecified atom stereocenters. The summed E-state index contributed by atoms with van der Waals surface area (Å²) >= 11 is 0. The van der Waals surface area contributed by atoms with Gasteiger partial charge in [0.15, 0.2) is 12.0 Å². The Morgan fingerprint density at radius 3 is 3.20 bits per heavy atom. The molecule has 0 aliphatic carbocycles. The molecule has 0 bridgehead atoms. The van der Waals surface area contributed by atoms with Gasteiger partial charge in [-0.15, -0.1) is 0 Å². The minimum atomic E-state index is 0.0726. The largest absolute Gasteiger partial charge is 0.386 e. The molecular formula is C7H11N2O+. The zero-order chi connectivity index (χ0) is 7.40. The van der Waals surface area contributed by atoms with Crippen LogP contribution in [-0.4, -0.2) is 24.6 Å². The number of quaternary nitrogens is 1. The van der Waals surface area contributed by atoms with Crippen molar-refractivity contribution in [3.05, 3.63) is 24.6 Å². The maximum atomic E-state index is 8.76. The summed E-state index contributed by atoms with van der Waals surface area (Å²) in [6.45, 7) is 4.46. The van der Waals surface area contributed by atoms with Crippen molar-refractivity contribution < 1.29 is 10.0 Å². The van der Waals surface area contributed by atoms with Crippen molar-refractivity contribution in [3.8, 4) is 0 Å². The van der Waals surface area contributed by atoms with Crippen LogP contribution < -0.4 is 4.90 Å². The van der Waals surface area contributed by atoms with Crippen LogP contribution in [0, 0.1) is 0 Å². The van der Waals surface area contributed by atoms with Crippen LogP contribution in [0.2, 0.25) is 0 Å². The van der Waals surface area contributed by atoms with E-state index in [1.807, 2.05) is 0 Å². The summed E-state index contributed by atoms with van der Waals surface area (Å²) in [6.07, 6.45) is 5.24. The molecule has 0 aromatic carbocycles. The lowest BCUT2D eigenvalue weighted by atomic mass is 10.4. The first kappa shape index (κ1) is 7.18. The summed E-state index contributed by atoms with van der Waals surface area (Å²) < 4.78 is 0. The fourth-order valence-electron chi connectivity index (χ4n) is 0.865. The van der Waals surface area contributed by atoms with Gasteiger partial charge in [-0.25, -0.2) is 4.99 Å². The van der Waals surface area contributed by atoms with Crippen molar-refractivity contribution in [1.29, 1.82) is 0 Å². The van der Waals surface area contributed by atoms with Gasteiger partial charge in [0.25, 0.3) is 0 Å². The molecule has 0 spiro atoms. The van der Waals surface area contributed by atoms with Gasteiger partial charge < -0.3 is 5.11 Å². The number of aliphatic hydroxyl groups excluding tert-OH is 1. The van der Waals surface area contributed by atoms with Crippen molar-refractivity contribution >= 4 is 6.34 Å². The monoisotopic (exact) mass is 139 g/mol. The normalized spacial score (nSPS) is 22.9. The number of aliphatic imine (C=N–C) groups is 1. The lowest BCUT2D eigenvalue weighted by Gasteiger charge is -2.06. The predicted molar refractivity (Wildman–Crippen MR) is 39.7 cm³/mol. The third-order valence-electron chi connectivity index (χ3n) is 1.41. The molecule has 54 valence electrons. The Bertz CT molecular complexity index is 184. The van der Waals surface area contributed by atoms with E-state index >= 15 is 0 Å². The van der Waals surface area contributed by atoms with Crippen molar-refractivity contribution in [2.45, 2.75) is 0 Å². The van der Waals surface area contributed by atoms with E-state index in [-0.39, 0.29) is 6.61 Å². The molecule has 1 heterocycles. The molecule has 0 radical (unpaired) electrons. The van der Waals surface area contributed by atoms with E-state index in [0.717, 1.165) is 17.1 Å².